The Morgan fingerprint density at radius 1 is 0.840 bits per heavy atom. The predicted octanol–water partition coefficient (Wildman–Crippen LogP) is 3.23. The lowest BCUT2D eigenvalue weighted by Crippen LogP contribution is -2.29. The van der Waals surface area contributed by atoms with Crippen LogP contribution in [-0.4, -0.2) is 49.6 Å². The van der Waals surface area contributed by atoms with Gasteiger partial charge in [0, 0.05) is 31.7 Å². The summed E-state index contributed by atoms with van der Waals surface area (Å²) in [4.78, 5) is 23.3. The van der Waals surface area contributed by atoms with E-state index in [0.29, 0.717) is 44.6 Å². The average Bonchev–Trinajstić information content (AvgIpc) is 2.46. The molecule has 0 aromatic heterocycles. The van der Waals surface area contributed by atoms with Crippen molar-refractivity contribution in [3.63, 3.8) is 0 Å². The molecule has 0 heterocycles. The lowest BCUT2D eigenvalue weighted by Gasteiger charge is -2.17. The molecule has 0 aliphatic carbocycles. The number of amides is 2. The minimum atomic E-state index is 0.0190. The fourth-order valence-corrected chi connectivity index (χ4v) is 2.84. The number of nitrogens with one attached hydrogen (secondary N) is 2. The normalized spacial score (nSPS) is 12.1. The summed E-state index contributed by atoms with van der Waals surface area (Å²) in [5, 5.41) is 5.74. The van der Waals surface area contributed by atoms with E-state index in [4.69, 9.17) is 4.74 Å². The Balaban J connectivity index is 3.44. The first-order chi connectivity index (χ1) is 11.5. The average molecular weight is 375 g/mol. The summed E-state index contributed by atoms with van der Waals surface area (Å²) in [5.41, 5.74) is 0.497. The van der Waals surface area contributed by atoms with E-state index in [1.807, 2.05) is 11.8 Å². The van der Waals surface area contributed by atoms with Crippen LogP contribution in [0.1, 0.15) is 60.8 Å². The van der Waals surface area contributed by atoms with Crippen molar-refractivity contribution in [2.24, 2.45) is 10.8 Å². The van der Waals surface area contributed by atoms with Gasteiger partial charge in [0.05, 0.1) is 13.2 Å². The van der Waals surface area contributed by atoms with Crippen LogP contribution in [0.3, 0.4) is 0 Å². The third kappa shape index (κ3) is 19.4. The van der Waals surface area contributed by atoms with Crippen molar-refractivity contribution >= 4 is 23.6 Å². The van der Waals surface area contributed by atoms with Gasteiger partial charge in [-0.1, -0.05) is 41.5 Å². The SMILES string of the molecule is CC(C)(C)CCC(=O)NCCOCCC(=O)NCCSCC(C)(C)C. The van der Waals surface area contributed by atoms with E-state index in [1.165, 1.54) is 0 Å². The van der Waals surface area contributed by atoms with Crippen LogP contribution in [0.25, 0.3) is 0 Å². The van der Waals surface area contributed by atoms with Crippen molar-refractivity contribution in [3.8, 4) is 0 Å². The monoisotopic (exact) mass is 374 g/mol. The number of thioether (sulfide) groups is 1. The molecule has 0 aliphatic rings. The van der Waals surface area contributed by atoms with Gasteiger partial charge in [0.15, 0.2) is 0 Å². The number of carbonyl (C=O) groups excluding carboxylic acids is 2. The van der Waals surface area contributed by atoms with Gasteiger partial charge in [-0.05, 0) is 23.0 Å². The van der Waals surface area contributed by atoms with E-state index in [0.717, 1.165) is 17.9 Å². The van der Waals surface area contributed by atoms with Gasteiger partial charge in [-0.2, -0.15) is 11.8 Å². The molecule has 0 unspecified atom stereocenters. The van der Waals surface area contributed by atoms with Crippen molar-refractivity contribution in [1.82, 2.24) is 10.6 Å². The smallest absolute Gasteiger partial charge is 0.222 e. The van der Waals surface area contributed by atoms with E-state index in [9.17, 15) is 9.59 Å². The van der Waals surface area contributed by atoms with Crippen molar-refractivity contribution in [2.75, 3.05) is 37.8 Å². The number of rotatable bonds is 12. The van der Waals surface area contributed by atoms with Crippen LogP contribution in [0.5, 0.6) is 0 Å². The minimum Gasteiger partial charge on any atom is -0.379 e. The summed E-state index contributed by atoms with van der Waals surface area (Å²) in [6.45, 7) is 15.0. The van der Waals surface area contributed by atoms with E-state index < -0.39 is 0 Å². The Kier molecular flexibility index (Phi) is 12.2. The number of ether oxygens (including phenoxy) is 1. The second kappa shape index (κ2) is 12.6. The molecule has 0 saturated heterocycles. The second-order valence-corrected chi connectivity index (χ2v) is 9.84. The van der Waals surface area contributed by atoms with Crippen LogP contribution >= 0.6 is 11.8 Å². The van der Waals surface area contributed by atoms with Crippen LogP contribution in [0, 0.1) is 10.8 Å². The van der Waals surface area contributed by atoms with Gasteiger partial charge in [0.1, 0.15) is 0 Å². The quantitative estimate of drug-likeness (QED) is 0.515. The molecular formula is C19H38N2O3S. The molecule has 0 radical (unpaired) electrons. The van der Waals surface area contributed by atoms with E-state index in [1.54, 1.807) is 0 Å². The molecule has 0 aromatic carbocycles. The highest BCUT2D eigenvalue weighted by atomic mass is 32.2. The fourth-order valence-electron chi connectivity index (χ4n) is 1.84. The van der Waals surface area contributed by atoms with Crippen LogP contribution < -0.4 is 10.6 Å². The molecule has 0 atom stereocenters. The van der Waals surface area contributed by atoms with Gasteiger partial charge in [0.2, 0.25) is 11.8 Å². The fraction of sp³-hybridized carbons (Fsp3) is 0.895. The van der Waals surface area contributed by atoms with Gasteiger partial charge >= 0.3 is 0 Å². The maximum Gasteiger partial charge on any atom is 0.222 e. The predicted molar refractivity (Wildman–Crippen MR) is 107 cm³/mol. The molecule has 2 amide bonds. The van der Waals surface area contributed by atoms with Gasteiger partial charge in [-0.15, -0.1) is 0 Å². The number of hydrogen-bond acceptors (Lipinski definition) is 4. The van der Waals surface area contributed by atoms with Crippen molar-refractivity contribution < 1.29 is 14.3 Å². The maximum atomic E-state index is 11.7. The zero-order valence-electron chi connectivity index (χ0n) is 17.0. The summed E-state index contributed by atoms with van der Waals surface area (Å²) >= 11 is 1.86. The highest BCUT2D eigenvalue weighted by Crippen LogP contribution is 2.20. The second-order valence-electron chi connectivity index (χ2n) is 8.74. The first kappa shape index (κ1) is 24.2. The largest absolute Gasteiger partial charge is 0.379 e. The molecule has 5 nitrogen and oxygen atoms in total. The Hall–Kier alpha value is -0.750. The molecule has 0 rings (SSSR count). The van der Waals surface area contributed by atoms with Crippen LogP contribution in [-0.2, 0) is 14.3 Å². The van der Waals surface area contributed by atoms with E-state index in [-0.39, 0.29) is 17.2 Å². The van der Waals surface area contributed by atoms with Gasteiger partial charge in [-0.25, -0.2) is 0 Å². The van der Waals surface area contributed by atoms with Crippen molar-refractivity contribution in [1.29, 1.82) is 0 Å². The molecule has 2 N–H and O–H groups in total. The van der Waals surface area contributed by atoms with Gasteiger partial charge in [-0.3, -0.25) is 9.59 Å². The number of hydrogen-bond donors (Lipinski definition) is 2. The van der Waals surface area contributed by atoms with Crippen LogP contribution in [0.15, 0.2) is 0 Å². The molecule has 25 heavy (non-hydrogen) atoms. The first-order valence-corrected chi connectivity index (χ1v) is 10.3. The Labute approximate surface area is 158 Å². The topological polar surface area (TPSA) is 67.4 Å². The minimum absolute atomic E-state index is 0.0190. The van der Waals surface area contributed by atoms with Crippen molar-refractivity contribution in [2.45, 2.75) is 60.8 Å². The van der Waals surface area contributed by atoms with E-state index in [2.05, 4.69) is 52.2 Å². The summed E-state index contributed by atoms with van der Waals surface area (Å²) in [7, 11) is 0. The molecule has 0 bridgehead atoms. The third-order valence-electron chi connectivity index (χ3n) is 3.25. The lowest BCUT2D eigenvalue weighted by atomic mass is 9.90. The highest BCUT2D eigenvalue weighted by molar-refractivity contribution is 7.99. The standard InChI is InChI=1S/C19H38N2O3S/c1-18(2,3)9-7-16(22)20-10-13-24-12-8-17(23)21-11-14-25-15-19(4,5)6/h7-15H2,1-6H3,(H,20,22)(H,21,23). The Bertz CT molecular complexity index is 387. The molecule has 0 aromatic rings. The van der Waals surface area contributed by atoms with Crippen LogP contribution in [0.4, 0.5) is 0 Å². The lowest BCUT2D eigenvalue weighted by molar-refractivity contribution is -0.123. The third-order valence-corrected chi connectivity index (χ3v) is 4.81. The number of carbonyl (C=O) groups is 2. The summed E-state index contributed by atoms with van der Waals surface area (Å²) in [6.07, 6.45) is 1.77. The Morgan fingerprint density at radius 3 is 2.04 bits per heavy atom. The maximum absolute atomic E-state index is 11.7. The zero-order valence-corrected chi connectivity index (χ0v) is 17.8. The van der Waals surface area contributed by atoms with Crippen molar-refractivity contribution in [3.05, 3.63) is 0 Å². The zero-order chi connectivity index (χ0) is 19.3. The molecule has 148 valence electrons. The first-order valence-electron chi connectivity index (χ1n) is 9.18. The van der Waals surface area contributed by atoms with E-state index >= 15 is 0 Å². The highest BCUT2D eigenvalue weighted by Gasteiger charge is 2.12. The Morgan fingerprint density at radius 2 is 1.44 bits per heavy atom. The summed E-state index contributed by atoms with van der Waals surface area (Å²) in [5.74, 6) is 2.10. The van der Waals surface area contributed by atoms with Gasteiger partial charge in [0.25, 0.3) is 0 Å². The summed E-state index contributed by atoms with van der Waals surface area (Å²) in [6, 6.07) is 0. The molecule has 6 heteroatoms. The van der Waals surface area contributed by atoms with Gasteiger partial charge < -0.3 is 15.4 Å². The molecular weight excluding hydrogens is 336 g/mol. The molecule has 0 saturated carbocycles. The summed E-state index contributed by atoms with van der Waals surface area (Å²) < 4.78 is 5.39. The molecule has 0 spiro atoms. The van der Waals surface area contributed by atoms with Crippen LogP contribution in [0.2, 0.25) is 0 Å². The molecule has 0 aliphatic heterocycles. The molecule has 0 fully saturated rings.